The summed E-state index contributed by atoms with van der Waals surface area (Å²) >= 11 is 0. The zero-order valence-electron chi connectivity index (χ0n) is 43.5. The minimum Gasteiger partial charge on any atom is -0.309 e. The number of hydrogen-bond donors (Lipinski definition) is 0. The Morgan fingerprint density at radius 1 is 0.407 bits per heavy atom. The molecule has 0 radical (unpaired) electrons. The fraction of sp³-hybridized carbons (Fsp3) is 0. The third kappa shape index (κ3) is 5.00. The van der Waals surface area contributed by atoms with E-state index in [0.29, 0.717) is 22.3 Å². The lowest BCUT2D eigenvalue weighted by molar-refractivity contribution is 1.07. The van der Waals surface area contributed by atoms with Crippen LogP contribution in [0.5, 0.6) is 0 Å². The molecule has 10 aromatic rings. The first kappa shape index (κ1) is 18.6. The first-order chi connectivity index (χ1) is 33.3. The number of rotatable bonds is 5. The van der Waals surface area contributed by atoms with Gasteiger partial charge in [-0.2, -0.15) is 10.5 Å². The lowest BCUT2D eigenvalue weighted by Gasteiger charge is -2.16. The van der Waals surface area contributed by atoms with Crippen LogP contribution in [0.4, 0.5) is 0 Å². The highest BCUT2D eigenvalue weighted by Gasteiger charge is 2.19. The number of nitrogens with zero attached hydrogens (tertiary/aromatic N) is 7. The fourth-order valence-electron chi connectivity index (χ4n) is 6.49. The molecule has 0 amide bonds. The van der Waals surface area contributed by atoms with Crippen molar-refractivity contribution in [2.24, 2.45) is 0 Å². The molecule has 0 atom stereocenters. The summed E-state index contributed by atoms with van der Waals surface area (Å²) in [6.45, 7) is 0. The molecule has 0 N–H and O–H groups in total. The molecule has 3 aromatic heterocycles. The summed E-state index contributed by atoms with van der Waals surface area (Å²) in [6, 6.07) is 10.7. The molecule has 0 saturated heterocycles. The van der Waals surface area contributed by atoms with Crippen LogP contribution < -0.4 is 0 Å². The summed E-state index contributed by atoms with van der Waals surface area (Å²) in [5, 5.41) is 18.1. The van der Waals surface area contributed by atoms with Crippen LogP contribution in [0.1, 0.15) is 33.1 Å². The molecule has 0 spiro atoms. The lowest BCUT2D eigenvalue weighted by atomic mass is 10.1. The number of benzene rings is 7. The SMILES string of the molecule is [2H]c1c([2H])c([2H])c2c(c1[2H])c1c([2H])c([2H])c([2H])c([2H])c1n2-c1cc(-c2nc(-c3ccc(C#N)cc3)nc(-c3ccc(C#N)cc3)n2)cc(-n2c3c([2H])c([2H])c([2H])c([2H])c3c3c([2H])c([2H])c([2H])c([2H])c32)c1. The minimum absolute atomic E-state index is 0.0630. The van der Waals surface area contributed by atoms with Crippen LogP contribution in [0.3, 0.4) is 0 Å². The van der Waals surface area contributed by atoms with E-state index < -0.39 is 96.7 Å². The Bertz CT molecular complexity index is 3690. The van der Waals surface area contributed by atoms with Crippen LogP contribution in [0, 0.1) is 22.7 Å². The predicted molar refractivity (Wildman–Crippen MR) is 214 cm³/mol. The van der Waals surface area contributed by atoms with Crippen LogP contribution in [-0.4, -0.2) is 24.1 Å². The van der Waals surface area contributed by atoms with E-state index in [1.807, 2.05) is 0 Å². The Morgan fingerprint density at radius 3 is 1.06 bits per heavy atom. The first-order valence-electron chi connectivity index (χ1n) is 24.3. The number of aromatic nitrogens is 5. The van der Waals surface area contributed by atoms with Gasteiger partial charge < -0.3 is 9.13 Å². The maximum atomic E-state index is 9.56. The van der Waals surface area contributed by atoms with Crippen molar-refractivity contribution in [3.05, 3.63) is 175 Å². The van der Waals surface area contributed by atoms with Crippen LogP contribution in [0.25, 0.3) is 89.2 Å². The van der Waals surface area contributed by atoms with Crippen molar-refractivity contribution in [3.63, 3.8) is 0 Å². The van der Waals surface area contributed by atoms with E-state index in [-0.39, 0.29) is 78.0 Å². The highest BCUT2D eigenvalue weighted by molar-refractivity contribution is 6.10. The number of para-hydroxylation sites is 4. The van der Waals surface area contributed by atoms with Gasteiger partial charge in [0, 0.05) is 49.6 Å². The average Bonchev–Trinajstić information content (AvgIpc) is 3.94. The zero-order chi connectivity index (χ0) is 50.1. The van der Waals surface area contributed by atoms with Gasteiger partial charge in [0.25, 0.3) is 0 Å². The Kier molecular flexibility index (Phi) is 4.27. The van der Waals surface area contributed by atoms with Crippen molar-refractivity contribution in [2.75, 3.05) is 0 Å². The minimum atomic E-state index is -0.695. The van der Waals surface area contributed by atoms with Crippen molar-refractivity contribution in [1.82, 2.24) is 24.1 Å². The molecule has 0 aliphatic rings. The van der Waals surface area contributed by atoms with E-state index in [4.69, 9.17) is 31.4 Å². The standard InChI is InChI=1S/C47H27N7/c48-28-30-17-21-32(22-18-30)45-50-46(33-23-19-31(29-49)20-24-33)52-47(51-45)34-25-35(53-41-13-5-1-9-37(41)38-10-2-6-14-42(38)53)27-36(26-34)54-43-15-7-3-11-39(43)40-12-4-8-16-44(40)54/h1-27H/i1D,2D,3D,4D,5D,6D,7D,8D,9D,10D,11D,12D,13D,14D,15D,16D. The van der Waals surface area contributed by atoms with Gasteiger partial charge in [0.05, 0.1) is 67.3 Å². The molecule has 0 saturated carbocycles. The van der Waals surface area contributed by atoms with Crippen LogP contribution >= 0.6 is 0 Å². The maximum Gasteiger partial charge on any atom is 0.164 e. The van der Waals surface area contributed by atoms with Gasteiger partial charge in [-0.15, -0.1) is 0 Å². The Balaban J connectivity index is 1.44. The average molecular weight is 706 g/mol. The van der Waals surface area contributed by atoms with Gasteiger partial charge in [-0.25, -0.2) is 15.0 Å². The summed E-state index contributed by atoms with van der Waals surface area (Å²) in [5.74, 6) is 0.0768. The molecular weight excluding hydrogens is 663 g/mol. The van der Waals surface area contributed by atoms with Gasteiger partial charge in [-0.3, -0.25) is 0 Å². The number of hydrogen-bond acceptors (Lipinski definition) is 5. The van der Waals surface area contributed by atoms with Crippen molar-refractivity contribution < 1.29 is 21.9 Å². The normalized spacial score (nSPS) is 15.4. The summed E-state index contributed by atoms with van der Waals surface area (Å²) in [7, 11) is 0. The van der Waals surface area contributed by atoms with Crippen molar-refractivity contribution in [1.29, 1.82) is 10.5 Å². The van der Waals surface area contributed by atoms with E-state index >= 15 is 0 Å². The summed E-state index contributed by atoms with van der Waals surface area (Å²) < 4.78 is 145. The van der Waals surface area contributed by atoms with E-state index in [9.17, 15) is 16.0 Å². The lowest BCUT2D eigenvalue weighted by Crippen LogP contribution is -2.03. The molecule has 0 aliphatic heterocycles. The highest BCUT2D eigenvalue weighted by Crippen LogP contribution is 2.38. The van der Waals surface area contributed by atoms with Gasteiger partial charge in [-0.05, 0) is 90.9 Å². The van der Waals surface area contributed by atoms with Crippen LogP contribution in [-0.2, 0) is 0 Å². The number of nitriles is 2. The summed E-state index contributed by atoms with van der Waals surface area (Å²) in [6.07, 6.45) is 0. The Morgan fingerprint density at radius 2 is 0.722 bits per heavy atom. The summed E-state index contributed by atoms with van der Waals surface area (Å²) in [5.41, 5.74) is 0.383. The van der Waals surface area contributed by atoms with Gasteiger partial charge >= 0.3 is 0 Å². The van der Waals surface area contributed by atoms with Crippen molar-refractivity contribution in [2.45, 2.75) is 0 Å². The molecule has 0 unspecified atom stereocenters. The monoisotopic (exact) mass is 705 g/mol. The molecule has 0 fully saturated rings. The molecule has 3 heterocycles. The second-order valence-corrected chi connectivity index (χ2v) is 12.0. The highest BCUT2D eigenvalue weighted by atomic mass is 15.0. The topological polar surface area (TPSA) is 96.1 Å². The van der Waals surface area contributed by atoms with Gasteiger partial charge in [0.1, 0.15) is 0 Å². The zero-order valence-corrected chi connectivity index (χ0v) is 27.5. The maximum absolute atomic E-state index is 9.56. The third-order valence-corrected chi connectivity index (χ3v) is 8.92. The quantitative estimate of drug-likeness (QED) is 0.178. The van der Waals surface area contributed by atoms with Crippen LogP contribution in [0.2, 0.25) is 0 Å². The molecule has 250 valence electrons. The second kappa shape index (κ2) is 12.4. The molecule has 7 nitrogen and oxygen atoms in total. The number of fused-ring (bicyclic) bond motifs is 6. The predicted octanol–water partition coefficient (Wildman–Crippen LogP) is 10.8. The van der Waals surface area contributed by atoms with E-state index in [0.717, 1.165) is 0 Å². The Labute approximate surface area is 332 Å². The Hall–Kier alpha value is -7.87. The smallest absolute Gasteiger partial charge is 0.164 e. The summed E-state index contributed by atoms with van der Waals surface area (Å²) in [4.78, 5) is 14.4. The molecule has 0 bridgehead atoms. The largest absolute Gasteiger partial charge is 0.309 e. The fourth-order valence-corrected chi connectivity index (χ4v) is 6.49. The third-order valence-electron chi connectivity index (χ3n) is 8.92. The molecular formula is C47H27N7. The van der Waals surface area contributed by atoms with E-state index in [1.54, 1.807) is 48.5 Å². The second-order valence-electron chi connectivity index (χ2n) is 12.0. The van der Waals surface area contributed by atoms with Crippen molar-refractivity contribution >= 4 is 43.6 Å². The molecule has 54 heavy (non-hydrogen) atoms. The van der Waals surface area contributed by atoms with E-state index in [1.165, 1.54) is 27.3 Å². The van der Waals surface area contributed by atoms with Crippen molar-refractivity contribution in [3.8, 4) is 57.7 Å². The van der Waals surface area contributed by atoms with Gasteiger partial charge in [0.2, 0.25) is 0 Å². The molecule has 0 aliphatic carbocycles. The van der Waals surface area contributed by atoms with Crippen LogP contribution in [0.15, 0.2) is 163 Å². The molecule has 7 heteroatoms. The first-order valence-corrected chi connectivity index (χ1v) is 16.3. The van der Waals surface area contributed by atoms with Gasteiger partial charge in [-0.1, -0.05) is 72.5 Å². The van der Waals surface area contributed by atoms with Gasteiger partial charge in [0.15, 0.2) is 17.5 Å². The van der Waals surface area contributed by atoms with E-state index in [2.05, 4.69) is 12.1 Å². The molecule has 10 rings (SSSR count). The molecule has 7 aromatic carbocycles.